The Kier molecular flexibility index (Phi) is 3.57. The van der Waals surface area contributed by atoms with E-state index >= 15 is 0 Å². The van der Waals surface area contributed by atoms with Crippen LogP contribution in [0.4, 0.5) is 0 Å². The van der Waals surface area contributed by atoms with Gasteiger partial charge in [0.1, 0.15) is 11.9 Å². The lowest BCUT2D eigenvalue weighted by Gasteiger charge is -2.11. The standard InChI is InChI=1S/C14H14O2/c1-2-13(14-9-6-10-15-14)16-11-12-7-4-3-5-8-12/h2-10,13H,1,11H2. The normalized spacial score (nSPS) is 12.2. The van der Waals surface area contributed by atoms with Crippen LogP contribution in [0.5, 0.6) is 0 Å². The van der Waals surface area contributed by atoms with Gasteiger partial charge in [0.05, 0.1) is 12.9 Å². The molecule has 0 fully saturated rings. The third kappa shape index (κ3) is 2.61. The largest absolute Gasteiger partial charge is 0.466 e. The molecule has 82 valence electrons. The fourth-order valence-corrected chi connectivity index (χ4v) is 1.48. The van der Waals surface area contributed by atoms with Crippen LogP contribution < -0.4 is 0 Å². The van der Waals surface area contributed by atoms with Crippen LogP contribution in [0.25, 0.3) is 0 Å². The van der Waals surface area contributed by atoms with E-state index in [1.54, 1.807) is 12.3 Å². The number of hydrogen-bond donors (Lipinski definition) is 0. The molecule has 1 unspecified atom stereocenters. The molecular formula is C14H14O2. The molecule has 0 aliphatic heterocycles. The van der Waals surface area contributed by atoms with Crippen LogP contribution in [-0.4, -0.2) is 0 Å². The lowest BCUT2D eigenvalue weighted by molar-refractivity contribution is 0.0577. The summed E-state index contributed by atoms with van der Waals surface area (Å²) in [5.74, 6) is 0.783. The van der Waals surface area contributed by atoms with Crippen molar-refractivity contribution >= 4 is 0 Å². The lowest BCUT2D eigenvalue weighted by atomic mass is 10.2. The maximum atomic E-state index is 5.71. The van der Waals surface area contributed by atoms with E-state index in [0.29, 0.717) is 6.61 Å². The molecule has 0 saturated heterocycles. The van der Waals surface area contributed by atoms with Crippen LogP contribution in [0.3, 0.4) is 0 Å². The number of benzene rings is 1. The lowest BCUT2D eigenvalue weighted by Crippen LogP contribution is -2.00. The highest BCUT2D eigenvalue weighted by atomic mass is 16.5. The van der Waals surface area contributed by atoms with Gasteiger partial charge in [-0.1, -0.05) is 36.4 Å². The van der Waals surface area contributed by atoms with Crippen molar-refractivity contribution in [3.8, 4) is 0 Å². The van der Waals surface area contributed by atoms with Crippen molar-refractivity contribution in [2.75, 3.05) is 0 Å². The fraction of sp³-hybridized carbons (Fsp3) is 0.143. The molecule has 2 nitrogen and oxygen atoms in total. The summed E-state index contributed by atoms with van der Waals surface area (Å²) in [5.41, 5.74) is 1.14. The summed E-state index contributed by atoms with van der Waals surface area (Å²) in [4.78, 5) is 0. The number of ether oxygens (including phenoxy) is 1. The van der Waals surface area contributed by atoms with Crippen molar-refractivity contribution in [3.05, 3.63) is 72.7 Å². The molecule has 16 heavy (non-hydrogen) atoms. The first-order valence-electron chi connectivity index (χ1n) is 5.21. The van der Waals surface area contributed by atoms with Crippen molar-refractivity contribution in [1.82, 2.24) is 0 Å². The van der Waals surface area contributed by atoms with Crippen LogP contribution in [-0.2, 0) is 11.3 Å². The average molecular weight is 214 g/mol. The van der Waals surface area contributed by atoms with Crippen molar-refractivity contribution in [2.24, 2.45) is 0 Å². The first-order valence-corrected chi connectivity index (χ1v) is 5.21. The highest BCUT2D eigenvalue weighted by molar-refractivity contribution is 5.14. The van der Waals surface area contributed by atoms with Crippen molar-refractivity contribution < 1.29 is 9.15 Å². The Balaban J connectivity index is 1.96. The molecule has 2 heteroatoms. The quantitative estimate of drug-likeness (QED) is 0.708. The summed E-state index contributed by atoms with van der Waals surface area (Å²) in [6.07, 6.45) is 3.19. The Morgan fingerprint density at radius 2 is 2.00 bits per heavy atom. The Bertz CT molecular complexity index is 417. The smallest absolute Gasteiger partial charge is 0.136 e. The zero-order valence-corrected chi connectivity index (χ0v) is 9.00. The predicted molar refractivity (Wildman–Crippen MR) is 62.9 cm³/mol. The molecule has 0 saturated carbocycles. The zero-order valence-electron chi connectivity index (χ0n) is 9.00. The molecule has 0 spiro atoms. The Hall–Kier alpha value is -1.80. The second kappa shape index (κ2) is 5.33. The fourth-order valence-electron chi connectivity index (χ4n) is 1.48. The van der Waals surface area contributed by atoms with E-state index in [-0.39, 0.29) is 6.10 Å². The van der Waals surface area contributed by atoms with Gasteiger partial charge in [-0.25, -0.2) is 0 Å². The van der Waals surface area contributed by atoms with Crippen LogP contribution in [0, 0.1) is 0 Å². The first kappa shape index (κ1) is 10.7. The molecule has 1 aromatic carbocycles. The monoisotopic (exact) mass is 214 g/mol. The Labute approximate surface area is 95.2 Å². The van der Waals surface area contributed by atoms with Gasteiger partial charge in [0.2, 0.25) is 0 Å². The van der Waals surface area contributed by atoms with E-state index < -0.39 is 0 Å². The molecule has 2 rings (SSSR count). The number of furan rings is 1. The van der Waals surface area contributed by atoms with E-state index in [0.717, 1.165) is 11.3 Å². The van der Waals surface area contributed by atoms with Gasteiger partial charge in [-0.3, -0.25) is 0 Å². The third-order valence-corrected chi connectivity index (χ3v) is 2.31. The highest BCUT2D eigenvalue weighted by Gasteiger charge is 2.10. The van der Waals surface area contributed by atoms with Crippen LogP contribution >= 0.6 is 0 Å². The molecule has 0 amide bonds. The van der Waals surface area contributed by atoms with Crippen molar-refractivity contribution in [2.45, 2.75) is 12.7 Å². The van der Waals surface area contributed by atoms with E-state index in [9.17, 15) is 0 Å². The Morgan fingerprint density at radius 3 is 2.62 bits per heavy atom. The first-order chi connectivity index (χ1) is 7.90. The minimum atomic E-state index is -0.185. The molecule has 0 bridgehead atoms. The van der Waals surface area contributed by atoms with Crippen molar-refractivity contribution in [3.63, 3.8) is 0 Å². The SMILES string of the molecule is C=CC(OCc1ccccc1)c1ccco1. The maximum absolute atomic E-state index is 5.71. The number of hydrogen-bond acceptors (Lipinski definition) is 2. The van der Waals surface area contributed by atoms with E-state index in [4.69, 9.17) is 9.15 Å². The summed E-state index contributed by atoms with van der Waals surface area (Å²) >= 11 is 0. The summed E-state index contributed by atoms with van der Waals surface area (Å²) in [6, 6.07) is 13.8. The van der Waals surface area contributed by atoms with Crippen LogP contribution in [0.2, 0.25) is 0 Å². The molecule has 0 N–H and O–H groups in total. The van der Waals surface area contributed by atoms with Gasteiger partial charge < -0.3 is 9.15 Å². The van der Waals surface area contributed by atoms with Gasteiger partial charge in [-0.15, -0.1) is 6.58 Å². The average Bonchev–Trinajstić information content (AvgIpc) is 2.85. The van der Waals surface area contributed by atoms with Gasteiger partial charge in [0.25, 0.3) is 0 Å². The van der Waals surface area contributed by atoms with E-state index in [2.05, 4.69) is 6.58 Å². The third-order valence-electron chi connectivity index (χ3n) is 2.31. The minimum Gasteiger partial charge on any atom is -0.466 e. The van der Waals surface area contributed by atoms with Gasteiger partial charge in [-0.05, 0) is 17.7 Å². The van der Waals surface area contributed by atoms with Gasteiger partial charge in [0.15, 0.2) is 0 Å². The van der Waals surface area contributed by atoms with Gasteiger partial charge in [-0.2, -0.15) is 0 Å². The van der Waals surface area contributed by atoms with Crippen LogP contribution in [0.1, 0.15) is 17.4 Å². The number of rotatable bonds is 5. The summed E-state index contributed by atoms with van der Waals surface area (Å²) < 4.78 is 11.0. The molecule has 0 aliphatic rings. The van der Waals surface area contributed by atoms with Gasteiger partial charge in [0, 0.05) is 0 Å². The minimum absolute atomic E-state index is 0.185. The van der Waals surface area contributed by atoms with E-state index in [1.807, 2.05) is 42.5 Å². The highest BCUT2D eigenvalue weighted by Crippen LogP contribution is 2.20. The van der Waals surface area contributed by atoms with Gasteiger partial charge >= 0.3 is 0 Å². The zero-order chi connectivity index (χ0) is 11.2. The molecule has 1 aromatic heterocycles. The molecule has 1 heterocycles. The molecule has 1 atom stereocenters. The maximum Gasteiger partial charge on any atom is 0.136 e. The van der Waals surface area contributed by atoms with Crippen LogP contribution in [0.15, 0.2) is 65.8 Å². The molecule has 0 radical (unpaired) electrons. The second-order valence-electron chi connectivity index (χ2n) is 3.47. The van der Waals surface area contributed by atoms with Crippen molar-refractivity contribution in [1.29, 1.82) is 0 Å². The summed E-state index contributed by atoms with van der Waals surface area (Å²) in [7, 11) is 0. The molecule has 0 aliphatic carbocycles. The molecular weight excluding hydrogens is 200 g/mol. The topological polar surface area (TPSA) is 22.4 Å². The predicted octanol–water partition coefficient (Wildman–Crippen LogP) is 3.72. The second-order valence-corrected chi connectivity index (χ2v) is 3.47. The Morgan fingerprint density at radius 1 is 1.19 bits per heavy atom. The summed E-state index contributed by atoms with van der Waals surface area (Å²) in [5, 5.41) is 0. The van der Waals surface area contributed by atoms with E-state index in [1.165, 1.54) is 0 Å². The molecule has 2 aromatic rings. The summed E-state index contributed by atoms with van der Waals surface area (Å²) in [6.45, 7) is 4.30.